The molecule has 0 spiro atoms. The highest BCUT2D eigenvalue weighted by atomic mass is 19.1. The highest BCUT2D eigenvalue weighted by molar-refractivity contribution is 6.01. The average Bonchev–Trinajstić information content (AvgIpc) is 3.15. The molecule has 0 bridgehead atoms. The highest BCUT2D eigenvalue weighted by Crippen LogP contribution is 2.33. The summed E-state index contributed by atoms with van der Waals surface area (Å²) in [5.41, 5.74) is 2.26. The first-order valence-corrected chi connectivity index (χ1v) is 9.27. The van der Waals surface area contributed by atoms with Gasteiger partial charge >= 0.3 is 0 Å². The Morgan fingerprint density at radius 2 is 2.04 bits per heavy atom. The van der Waals surface area contributed by atoms with Crippen molar-refractivity contribution in [2.75, 3.05) is 29.9 Å². The molecule has 2 N–H and O–H groups in total. The Morgan fingerprint density at radius 3 is 2.85 bits per heavy atom. The second-order valence-corrected chi connectivity index (χ2v) is 7.22. The Hall–Kier alpha value is -2.89. The van der Waals surface area contributed by atoms with Gasteiger partial charge in [0.1, 0.15) is 5.82 Å². The number of anilines is 2. The lowest BCUT2D eigenvalue weighted by Crippen LogP contribution is -2.37. The fourth-order valence-corrected chi connectivity index (χ4v) is 3.91. The van der Waals surface area contributed by atoms with Crippen LogP contribution in [0.3, 0.4) is 0 Å². The fraction of sp³-hybridized carbons (Fsp3) is 0.333. The third-order valence-corrected chi connectivity index (χ3v) is 5.34. The van der Waals surface area contributed by atoms with Crippen LogP contribution in [0.25, 0.3) is 0 Å². The maximum atomic E-state index is 13.4. The molecule has 2 aliphatic heterocycles. The van der Waals surface area contributed by atoms with E-state index in [1.165, 1.54) is 17.8 Å². The number of hydrogen-bond donors (Lipinski definition) is 2. The van der Waals surface area contributed by atoms with Gasteiger partial charge in [-0.1, -0.05) is 24.3 Å². The maximum Gasteiger partial charge on any atom is 0.228 e. The number of benzene rings is 2. The van der Waals surface area contributed by atoms with E-state index < -0.39 is 11.7 Å². The Labute approximate surface area is 157 Å². The van der Waals surface area contributed by atoms with Gasteiger partial charge in [-0.25, -0.2) is 4.39 Å². The number of rotatable bonds is 4. The molecule has 1 saturated heterocycles. The van der Waals surface area contributed by atoms with Gasteiger partial charge in [0.05, 0.1) is 5.92 Å². The van der Waals surface area contributed by atoms with Crippen LogP contribution in [0.1, 0.15) is 24.3 Å². The largest absolute Gasteiger partial charge is 0.371 e. The number of carbonyl (C=O) groups is 2. The molecule has 2 heterocycles. The second kappa shape index (κ2) is 7.39. The average molecular weight is 367 g/mol. The molecule has 2 aromatic rings. The number of nitrogens with one attached hydrogen (secondary N) is 2. The van der Waals surface area contributed by atoms with Crippen molar-refractivity contribution in [2.24, 2.45) is 5.92 Å². The molecule has 5 nitrogen and oxygen atoms in total. The Bertz CT molecular complexity index is 856. The van der Waals surface area contributed by atoms with Crippen molar-refractivity contribution in [1.82, 2.24) is 5.32 Å². The van der Waals surface area contributed by atoms with Crippen LogP contribution in [0.5, 0.6) is 0 Å². The topological polar surface area (TPSA) is 61.4 Å². The van der Waals surface area contributed by atoms with Crippen molar-refractivity contribution in [2.45, 2.75) is 18.8 Å². The molecular weight excluding hydrogens is 345 g/mol. The van der Waals surface area contributed by atoms with Crippen LogP contribution < -0.4 is 15.5 Å². The minimum Gasteiger partial charge on any atom is -0.371 e. The summed E-state index contributed by atoms with van der Waals surface area (Å²) in [6.07, 6.45) is 1.10. The number of amides is 2. The van der Waals surface area contributed by atoms with E-state index in [0.717, 1.165) is 19.5 Å². The molecule has 2 amide bonds. The van der Waals surface area contributed by atoms with Crippen LogP contribution in [0.2, 0.25) is 0 Å². The van der Waals surface area contributed by atoms with E-state index in [1.54, 1.807) is 6.07 Å². The quantitative estimate of drug-likeness (QED) is 0.874. The van der Waals surface area contributed by atoms with E-state index in [-0.39, 0.29) is 18.2 Å². The van der Waals surface area contributed by atoms with Gasteiger partial charge in [-0.3, -0.25) is 9.59 Å². The van der Waals surface area contributed by atoms with Crippen molar-refractivity contribution in [3.8, 4) is 0 Å². The molecule has 0 aliphatic carbocycles. The molecule has 27 heavy (non-hydrogen) atoms. The first kappa shape index (κ1) is 17.5. The molecule has 0 aromatic heterocycles. The summed E-state index contributed by atoms with van der Waals surface area (Å²) >= 11 is 0. The summed E-state index contributed by atoms with van der Waals surface area (Å²) in [6.45, 7) is 2.45. The summed E-state index contributed by atoms with van der Waals surface area (Å²) in [6, 6.07) is 14.4. The number of nitrogens with zero attached hydrogens (tertiary/aromatic N) is 1. The minimum atomic E-state index is -0.569. The predicted molar refractivity (Wildman–Crippen MR) is 102 cm³/mol. The van der Waals surface area contributed by atoms with Crippen LogP contribution in [0.4, 0.5) is 15.8 Å². The van der Waals surface area contributed by atoms with E-state index in [1.807, 2.05) is 18.2 Å². The smallest absolute Gasteiger partial charge is 0.228 e. The van der Waals surface area contributed by atoms with Crippen molar-refractivity contribution in [1.29, 1.82) is 0 Å². The van der Waals surface area contributed by atoms with Gasteiger partial charge < -0.3 is 15.5 Å². The SMILES string of the molecule is O=C1CC(C(=O)NCC2CCN(c3ccccc3)C2)c2ccc(F)cc2N1. The first-order chi connectivity index (χ1) is 13.1. The molecule has 140 valence electrons. The zero-order valence-electron chi connectivity index (χ0n) is 15.0. The summed E-state index contributed by atoms with van der Waals surface area (Å²) in [7, 11) is 0. The molecule has 4 rings (SSSR count). The Kier molecular flexibility index (Phi) is 4.79. The number of para-hydroxylation sites is 1. The van der Waals surface area contributed by atoms with Gasteiger partial charge in [0.15, 0.2) is 0 Å². The molecule has 6 heteroatoms. The predicted octanol–water partition coefficient (Wildman–Crippen LogP) is 2.89. The van der Waals surface area contributed by atoms with Crippen LogP contribution in [0, 0.1) is 11.7 Å². The molecule has 2 aromatic carbocycles. The van der Waals surface area contributed by atoms with Gasteiger partial charge in [-0.15, -0.1) is 0 Å². The molecule has 0 radical (unpaired) electrons. The highest BCUT2D eigenvalue weighted by Gasteiger charge is 2.31. The van der Waals surface area contributed by atoms with E-state index in [2.05, 4.69) is 27.7 Å². The zero-order valence-corrected chi connectivity index (χ0v) is 15.0. The maximum absolute atomic E-state index is 13.4. The zero-order chi connectivity index (χ0) is 18.8. The Morgan fingerprint density at radius 1 is 1.22 bits per heavy atom. The molecule has 2 atom stereocenters. The number of carbonyl (C=O) groups excluding carboxylic acids is 2. The van der Waals surface area contributed by atoms with Gasteiger partial charge in [0, 0.05) is 37.4 Å². The lowest BCUT2D eigenvalue weighted by Gasteiger charge is -2.25. The van der Waals surface area contributed by atoms with Crippen LogP contribution >= 0.6 is 0 Å². The lowest BCUT2D eigenvalue weighted by atomic mass is 9.89. The molecule has 0 saturated carbocycles. The number of halogens is 1. The monoisotopic (exact) mass is 367 g/mol. The molecular formula is C21H22FN3O2. The lowest BCUT2D eigenvalue weighted by molar-refractivity contribution is -0.126. The summed E-state index contributed by atoms with van der Waals surface area (Å²) < 4.78 is 13.4. The summed E-state index contributed by atoms with van der Waals surface area (Å²) in [5, 5.41) is 5.64. The van der Waals surface area contributed by atoms with Gasteiger partial charge in [0.25, 0.3) is 0 Å². The third kappa shape index (κ3) is 3.79. The normalized spacial score (nSPS) is 21.5. The Balaban J connectivity index is 1.37. The minimum absolute atomic E-state index is 0.0886. The van der Waals surface area contributed by atoms with Crippen molar-refractivity contribution >= 4 is 23.2 Å². The van der Waals surface area contributed by atoms with Gasteiger partial charge in [-0.05, 0) is 42.2 Å². The van der Waals surface area contributed by atoms with Gasteiger partial charge in [-0.2, -0.15) is 0 Å². The molecule has 2 unspecified atom stereocenters. The fourth-order valence-electron chi connectivity index (χ4n) is 3.91. The molecule has 1 fully saturated rings. The van der Waals surface area contributed by atoms with Gasteiger partial charge in [0.2, 0.25) is 11.8 Å². The van der Waals surface area contributed by atoms with Crippen LogP contribution in [-0.4, -0.2) is 31.4 Å². The summed E-state index contributed by atoms with van der Waals surface area (Å²) in [4.78, 5) is 26.9. The molecule has 2 aliphatic rings. The van der Waals surface area contributed by atoms with E-state index >= 15 is 0 Å². The third-order valence-electron chi connectivity index (χ3n) is 5.34. The first-order valence-electron chi connectivity index (χ1n) is 9.27. The van der Waals surface area contributed by atoms with Crippen LogP contribution in [0.15, 0.2) is 48.5 Å². The van der Waals surface area contributed by atoms with Crippen molar-refractivity contribution in [3.05, 3.63) is 59.9 Å². The summed E-state index contributed by atoms with van der Waals surface area (Å²) in [5.74, 6) is -1.05. The number of fused-ring (bicyclic) bond motifs is 1. The van der Waals surface area contributed by atoms with E-state index in [0.29, 0.717) is 23.7 Å². The van der Waals surface area contributed by atoms with E-state index in [4.69, 9.17) is 0 Å². The standard InChI is InChI=1S/C21H22FN3O2/c22-15-6-7-17-18(11-20(26)24-19(17)10-15)21(27)23-12-14-8-9-25(13-14)16-4-2-1-3-5-16/h1-7,10,14,18H,8-9,11-13H2,(H,23,27)(H,24,26). The van der Waals surface area contributed by atoms with Crippen molar-refractivity contribution in [3.63, 3.8) is 0 Å². The van der Waals surface area contributed by atoms with Crippen molar-refractivity contribution < 1.29 is 14.0 Å². The number of hydrogen-bond acceptors (Lipinski definition) is 3. The second-order valence-electron chi connectivity index (χ2n) is 7.22. The van der Waals surface area contributed by atoms with E-state index in [9.17, 15) is 14.0 Å². The van der Waals surface area contributed by atoms with Crippen LogP contribution in [-0.2, 0) is 9.59 Å².